The van der Waals surface area contributed by atoms with Crippen LogP contribution in [0.5, 0.6) is 5.75 Å². The van der Waals surface area contributed by atoms with Gasteiger partial charge in [0.25, 0.3) is 0 Å². The van der Waals surface area contributed by atoms with E-state index >= 15 is 0 Å². The summed E-state index contributed by atoms with van der Waals surface area (Å²) in [7, 11) is 1.99. The molecule has 2 nitrogen and oxygen atoms in total. The first kappa shape index (κ1) is 14.4. The Balaban J connectivity index is 1.90. The Kier molecular flexibility index (Phi) is 4.36. The number of fused-ring (bicyclic) bond motifs is 1. The van der Waals surface area contributed by atoms with Crippen molar-refractivity contribution in [1.82, 2.24) is 5.32 Å². The molecule has 0 saturated carbocycles. The summed E-state index contributed by atoms with van der Waals surface area (Å²) in [6.07, 6.45) is 1.84. The second-order valence-corrected chi connectivity index (χ2v) is 7.16. The molecule has 0 saturated heterocycles. The van der Waals surface area contributed by atoms with Gasteiger partial charge < -0.3 is 10.1 Å². The Hall–Kier alpha value is -0.550. The van der Waals surface area contributed by atoms with Gasteiger partial charge in [0.1, 0.15) is 5.75 Å². The lowest BCUT2D eigenvalue weighted by molar-refractivity contribution is 0.352. The first-order chi connectivity index (χ1) is 9.67. The molecule has 3 rings (SSSR count). The summed E-state index contributed by atoms with van der Waals surface area (Å²) in [5, 5.41) is 6.29. The van der Waals surface area contributed by atoms with E-state index in [-0.39, 0.29) is 6.04 Å². The molecule has 0 radical (unpaired) electrons. The Morgan fingerprint density at radius 2 is 2.30 bits per heavy atom. The van der Waals surface area contributed by atoms with Crippen molar-refractivity contribution in [3.8, 4) is 5.75 Å². The molecule has 0 bridgehead atoms. The van der Waals surface area contributed by atoms with Crippen molar-refractivity contribution < 1.29 is 4.74 Å². The van der Waals surface area contributed by atoms with E-state index in [0.29, 0.717) is 0 Å². The van der Waals surface area contributed by atoms with Crippen LogP contribution in [0.25, 0.3) is 0 Å². The first-order valence-electron chi connectivity index (χ1n) is 6.52. The third-order valence-electron chi connectivity index (χ3n) is 3.53. The Morgan fingerprint density at radius 3 is 3.00 bits per heavy atom. The Labute approximate surface area is 136 Å². The predicted molar refractivity (Wildman–Crippen MR) is 88.2 cm³/mol. The molecule has 20 heavy (non-hydrogen) atoms. The highest BCUT2D eigenvalue weighted by molar-refractivity contribution is 9.10. The molecule has 0 amide bonds. The predicted octanol–water partition coefficient (Wildman–Crippen LogP) is 4.60. The van der Waals surface area contributed by atoms with Crippen molar-refractivity contribution in [2.75, 3.05) is 13.7 Å². The molecule has 1 atom stereocenters. The van der Waals surface area contributed by atoms with Gasteiger partial charge in [0.2, 0.25) is 0 Å². The fraction of sp³-hybridized carbons (Fsp3) is 0.333. The molecule has 0 fully saturated rings. The van der Waals surface area contributed by atoms with E-state index in [0.717, 1.165) is 34.7 Å². The number of rotatable bonds is 4. The van der Waals surface area contributed by atoms with Crippen molar-refractivity contribution in [2.45, 2.75) is 18.9 Å². The highest BCUT2D eigenvalue weighted by Gasteiger charge is 2.21. The normalized spacial score (nSPS) is 14.9. The minimum atomic E-state index is 0.276. The number of benzene rings is 1. The highest BCUT2D eigenvalue weighted by Crippen LogP contribution is 2.36. The number of hydrogen-bond donors (Lipinski definition) is 1. The molecule has 1 aliphatic heterocycles. The van der Waals surface area contributed by atoms with Crippen molar-refractivity contribution in [1.29, 1.82) is 0 Å². The quantitative estimate of drug-likeness (QED) is 0.846. The number of nitrogens with one attached hydrogen (secondary N) is 1. The molecule has 2 heterocycles. The molecule has 0 spiro atoms. The van der Waals surface area contributed by atoms with Crippen LogP contribution in [0.15, 0.2) is 28.1 Å². The van der Waals surface area contributed by atoms with Crippen LogP contribution >= 0.6 is 38.9 Å². The van der Waals surface area contributed by atoms with Gasteiger partial charge in [-0.3, -0.25) is 0 Å². The van der Waals surface area contributed by atoms with Gasteiger partial charge in [-0.25, -0.2) is 0 Å². The van der Waals surface area contributed by atoms with Crippen molar-refractivity contribution in [3.63, 3.8) is 0 Å². The average molecular weight is 373 g/mol. The fourth-order valence-corrected chi connectivity index (χ4v) is 4.39. The lowest BCUT2D eigenvalue weighted by Crippen LogP contribution is -2.18. The molecule has 1 aromatic heterocycles. The maximum atomic E-state index is 6.22. The second kappa shape index (κ2) is 6.06. The van der Waals surface area contributed by atoms with Crippen LogP contribution in [0, 0.1) is 0 Å². The van der Waals surface area contributed by atoms with Crippen LogP contribution in [0.3, 0.4) is 0 Å². The highest BCUT2D eigenvalue weighted by atomic mass is 79.9. The number of ether oxygens (including phenoxy) is 1. The maximum absolute atomic E-state index is 6.22. The maximum Gasteiger partial charge on any atom is 0.125 e. The van der Waals surface area contributed by atoms with E-state index in [4.69, 9.17) is 16.3 Å². The molecule has 1 aliphatic rings. The second-order valence-electron chi connectivity index (χ2n) is 4.86. The molecule has 5 heteroatoms. The number of hydrogen-bond acceptors (Lipinski definition) is 3. The minimum absolute atomic E-state index is 0.276. The van der Waals surface area contributed by atoms with Gasteiger partial charge in [0.15, 0.2) is 0 Å². The van der Waals surface area contributed by atoms with Crippen LogP contribution in [0.2, 0.25) is 5.02 Å². The van der Waals surface area contributed by atoms with E-state index in [9.17, 15) is 0 Å². The third kappa shape index (κ3) is 2.89. The van der Waals surface area contributed by atoms with Gasteiger partial charge in [-0.05, 0) is 58.7 Å². The zero-order valence-corrected chi connectivity index (χ0v) is 14.2. The Morgan fingerprint density at radius 1 is 1.45 bits per heavy atom. The Bertz CT molecular complexity index is 628. The first-order valence-corrected chi connectivity index (χ1v) is 8.57. The van der Waals surface area contributed by atoms with E-state index < -0.39 is 0 Å². The molecule has 2 aromatic rings. The summed E-state index contributed by atoms with van der Waals surface area (Å²) in [6.45, 7) is 0.761. The van der Waals surface area contributed by atoms with Crippen LogP contribution in [0.4, 0.5) is 0 Å². The van der Waals surface area contributed by atoms with Gasteiger partial charge >= 0.3 is 0 Å². The summed E-state index contributed by atoms with van der Waals surface area (Å²) in [4.78, 5) is 1.31. The smallest absolute Gasteiger partial charge is 0.125 e. The molecule has 1 unspecified atom stereocenters. The molecule has 0 aliphatic carbocycles. The summed E-state index contributed by atoms with van der Waals surface area (Å²) < 4.78 is 6.91. The summed E-state index contributed by atoms with van der Waals surface area (Å²) >= 11 is 11.5. The fourth-order valence-electron chi connectivity index (χ4n) is 2.57. The topological polar surface area (TPSA) is 21.3 Å². The van der Waals surface area contributed by atoms with Gasteiger partial charge in [-0.15, -0.1) is 11.3 Å². The molecular formula is C15H15BrClNOS. The van der Waals surface area contributed by atoms with Gasteiger partial charge in [-0.2, -0.15) is 0 Å². The standard InChI is InChI=1S/C15H15BrClNOS/c1-18-13(14-7-11(16)8-20-14)6-10-5-12(17)4-9-2-3-19-15(9)10/h4-5,7-8,13,18H,2-3,6H2,1H3. The van der Waals surface area contributed by atoms with Crippen LogP contribution in [-0.2, 0) is 12.8 Å². The van der Waals surface area contributed by atoms with Crippen LogP contribution in [-0.4, -0.2) is 13.7 Å². The van der Waals surface area contributed by atoms with Crippen molar-refractivity contribution >= 4 is 38.9 Å². The zero-order chi connectivity index (χ0) is 14.1. The number of thiophene rings is 1. The molecule has 1 N–H and O–H groups in total. The molecular weight excluding hydrogens is 358 g/mol. The largest absolute Gasteiger partial charge is 0.493 e. The van der Waals surface area contributed by atoms with Crippen LogP contribution < -0.4 is 10.1 Å². The number of likely N-dealkylation sites (N-methyl/N-ethyl adjacent to an activating group) is 1. The SMILES string of the molecule is CNC(Cc1cc(Cl)cc2c1OCC2)c1cc(Br)cs1. The monoisotopic (exact) mass is 371 g/mol. The molecule has 106 valence electrons. The van der Waals surface area contributed by atoms with Crippen molar-refractivity contribution in [2.24, 2.45) is 0 Å². The summed E-state index contributed by atoms with van der Waals surface area (Å²) in [6, 6.07) is 6.48. The van der Waals surface area contributed by atoms with Crippen molar-refractivity contribution in [3.05, 3.63) is 49.1 Å². The van der Waals surface area contributed by atoms with E-state index in [1.807, 2.05) is 19.2 Å². The average Bonchev–Trinajstić information content (AvgIpc) is 3.04. The van der Waals surface area contributed by atoms with E-state index in [2.05, 4.69) is 32.7 Å². The lowest BCUT2D eigenvalue weighted by atomic mass is 10.0. The van der Waals surface area contributed by atoms with Gasteiger partial charge in [-0.1, -0.05) is 11.6 Å². The number of halogens is 2. The van der Waals surface area contributed by atoms with E-state index in [1.165, 1.54) is 16.0 Å². The summed E-state index contributed by atoms with van der Waals surface area (Å²) in [5.41, 5.74) is 2.42. The van der Waals surface area contributed by atoms with Gasteiger partial charge in [0.05, 0.1) is 6.61 Å². The van der Waals surface area contributed by atoms with Crippen LogP contribution in [0.1, 0.15) is 22.0 Å². The summed E-state index contributed by atoms with van der Waals surface area (Å²) in [5.74, 6) is 1.03. The van der Waals surface area contributed by atoms with E-state index in [1.54, 1.807) is 11.3 Å². The third-order valence-corrected chi connectivity index (χ3v) is 5.55. The molecule has 1 aromatic carbocycles. The zero-order valence-electron chi connectivity index (χ0n) is 11.1. The lowest BCUT2D eigenvalue weighted by Gasteiger charge is -2.17. The van der Waals surface area contributed by atoms with Gasteiger partial charge in [0, 0.05) is 32.2 Å². The minimum Gasteiger partial charge on any atom is -0.493 e.